The Morgan fingerprint density at radius 1 is 1.14 bits per heavy atom. The summed E-state index contributed by atoms with van der Waals surface area (Å²) in [5.74, 6) is 0.698. The quantitative estimate of drug-likeness (QED) is 0.512. The minimum Gasteiger partial charge on any atom is -0.494 e. The molecule has 4 rings (SSSR count). The van der Waals surface area contributed by atoms with Gasteiger partial charge in [0.25, 0.3) is 0 Å². The van der Waals surface area contributed by atoms with Gasteiger partial charge in [0.1, 0.15) is 17.3 Å². The summed E-state index contributed by atoms with van der Waals surface area (Å²) in [5.41, 5.74) is 4.27. The van der Waals surface area contributed by atoms with E-state index in [1.165, 1.54) is 5.39 Å². The molecule has 0 unspecified atom stereocenters. The molecule has 2 aromatic carbocycles. The number of pyridine rings is 1. The number of nitrogens with one attached hydrogen (secondary N) is 1. The monoisotopic (exact) mass is 371 g/mol. The zero-order chi connectivity index (χ0) is 19.5. The maximum absolute atomic E-state index is 9.48. The van der Waals surface area contributed by atoms with E-state index in [2.05, 4.69) is 33.6 Å². The Labute approximate surface area is 163 Å². The largest absolute Gasteiger partial charge is 0.494 e. The van der Waals surface area contributed by atoms with Gasteiger partial charge in [-0.2, -0.15) is 10.4 Å². The Morgan fingerprint density at radius 2 is 1.96 bits per heavy atom. The third-order valence-corrected chi connectivity index (χ3v) is 4.89. The van der Waals surface area contributed by atoms with E-state index >= 15 is 0 Å². The van der Waals surface area contributed by atoms with Gasteiger partial charge in [0.2, 0.25) is 0 Å². The highest BCUT2D eigenvalue weighted by Gasteiger charge is 2.12. The Hall–Kier alpha value is -3.59. The maximum atomic E-state index is 9.48. The van der Waals surface area contributed by atoms with Crippen LogP contribution in [-0.2, 0) is 6.54 Å². The van der Waals surface area contributed by atoms with Crippen molar-refractivity contribution in [1.82, 2.24) is 14.8 Å². The number of fused-ring (bicyclic) bond motifs is 2. The zero-order valence-corrected chi connectivity index (χ0v) is 15.9. The van der Waals surface area contributed by atoms with Crippen LogP contribution in [0.25, 0.3) is 21.8 Å². The predicted molar refractivity (Wildman–Crippen MR) is 111 cm³/mol. The average molecular weight is 371 g/mol. The predicted octanol–water partition coefficient (Wildman–Crippen LogP) is 4.28. The van der Waals surface area contributed by atoms with E-state index in [-0.39, 0.29) is 0 Å². The molecule has 2 aromatic heterocycles. The zero-order valence-electron chi connectivity index (χ0n) is 15.9. The molecule has 0 radical (unpaired) electrons. The Morgan fingerprint density at radius 3 is 2.79 bits per heavy atom. The molecule has 2 heterocycles. The standard InChI is InChI=1S/C22H21N5O/c1-15-17-7-3-4-9-19(17)27(26-15)12-6-11-24-21-16(13-23)14-25-22-18(21)8-5-10-20(22)28-2/h3-5,7-10,14H,6,11-12H2,1-2H3,(H,24,25). The number of benzene rings is 2. The summed E-state index contributed by atoms with van der Waals surface area (Å²) < 4.78 is 7.44. The van der Waals surface area contributed by atoms with Crippen LogP contribution in [0, 0.1) is 18.3 Å². The van der Waals surface area contributed by atoms with Gasteiger partial charge in [0, 0.05) is 30.1 Å². The van der Waals surface area contributed by atoms with E-state index in [4.69, 9.17) is 4.74 Å². The molecule has 0 aliphatic heterocycles. The highest BCUT2D eigenvalue weighted by Crippen LogP contribution is 2.31. The Bertz CT molecular complexity index is 1190. The van der Waals surface area contributed by atoms with Crippen molar-refractivity contribution in [2.45, 2.75) is 19.9 Å². The molecule has 0 aliphatic rings. The van der Waals surface area contributed by atoms with Gasteiger partial charge in [-0.15, -0.1) is 0 Å². The van der Waals surface area contributed by atoms with E-state index in [0.29, 0.717) is 11.3 Å². The molecule has 0 spiro atoms. The maximum Gasteiger partial charge on any atom is 0.145 e. The third-order valence-electron chi connectivity index (χ3n) is 4.89. The van der Waals surface area contributed by atoms with Crippen LogP contribution in [0.4, 0.5) is 5.69 Å². The summed E-state index contributed by atoms with van der Waals surface area (Å²) in [6.45, 7) is 3.56. The lowest BCUT2D eigenvalue weighted by Crippen LogP contribution is -2.09. The number of aryl methyl sites for hydroxylation is 2. The number of rotatable bonds is 6. The summed E-state index contributed by atoms with van der Waals surface area (Å²) >= 11 is 0. The summed E-state index contributed by atoms with van der Waals surface area (Å²) in [6.07, 6.45) is 2.47. The van der Waals surface area contributed by atoms with Crippen LogP contribution < -0.4 is 10.1 Å². The molecular formula is C22H21N5O. The first-order valence-corrected chi connectivity index (χ1v) is 9.24. The number of hydrogen-bond acceptors (Lipinski definition) is 5. The molecule has 0 saturated carbocycles. The van der Waals surface area contributed by atoms with Crippen LogP contribution in [-0.4, -0.2) is 28.4 Å². The number of nitrogens with zero attached hydrogens (tertiary/aromatic N) is 4. The number of para-hydroxylation sites is 2. The summed E-state index contributed by atoms with van der Waals surface area (Å²) in [4.78, 5) is 4.39. The lowest BCUT2D eigenvalue weighted by Gasteiger charge is -2.13. The van der Waals surface area contributed by atoms with Crippen molar-refractivity contribution in [2.24, 2.45) is 0 Å². The van der Waals surface area contributed by atoms with Gasteiger partial charge >= 0.3 is 0 Å². The van der Waals surface area contributed by atoms with Crippen LogP contribution in [0.15, 0.2) is 48.7 Å². The number of nitriles is 1. The van der Waals surface area contributed by atoms with Gasteiger partial charge in [-0.3, -0.25) is 9.67 Å². The van der Waals surface area contributed by atoms with Crippen LogP contribution in [0.1, 0.15) is 17.7 Å². The SMILES string of the molecule is COc1cccc2c(NCCCn3nc(C)c4ccccc43)c(C#N)cnc12. The van der Waals surface area contributed by atoms with E-state index in [1.54, 1.807) is 13.3 Å². The van der Waals surface area contributed by atoms with Gasteiger partial charge in [-0.25, -0.2) is 0 Å². The molecule has 0 bridgehead atoms. The van der Waals surface area contributed by atoms with E-state index < -0.39 is 0 Å². The van der Waals surface area contributed by atoms with Gasteiger partial charge < -0.3 is 10.1 Å². The molecule has 140 valence electrons. The highest BCUT2D eigenvalue weighted by molar-refractivity contribution is 5.97. The van der Waals surface area contributed by atoms with E-state index in [9.17, 15) is 5.26 Å². The molecule has 0 atom stereocenters. The number of hydrogen-bond donors (Lipinski definition) is 1. The van der Waals surface area contributed by atoms with Crippen molar-refractivity contribution in [3.63, 3.8) is 0 Å². The first-order chi connectivity index (χ1) is 13.7. The fourth-order valence-electron chi connectivity index (χ4n) is 3.54. The molecule has 0 amide bonds. The Kier molecular flexibility index (Phi) is 4.81. The van der Waals surface area contributed by atoms with Crippen molar-refractivity contribution < 1.29 is 4.74 Å². The van der Waals surface area contributed by atoms with Crippen LogP contribution >= 0.6 is 0 Å². The van der Waals surface area contributed by atoms with Crippen molar-refractivity contribution in [3.8, 4) is 11.8 Å². The molecule has 4 aromatic rings. The first-order valence-electron chi connectivity index (χ1n) is 9.24. The van der Waals surface area contributed by atoms with Crippen molar-refractivity contribution >= 4 is 27.5 Å². The fourth-order valence-corrected chi connectivity index (χ4v) is 3.54. The lowest BCUT2D eigenvalue weighted by molar-refractivity contribution is 0.419. The number of methoxy groups -OCH3 is 1. The van der Waals surface area contributed by atoms with Crippen molar-refractivity contribution in [2.75, 3.05) is 19.0 Å². The minimum absolute atomic E-state index is 0.529. The van der Waals surface area contributed by atoms with E-state index in [0.717, 1.165) is 47.3 Å². The molecule has 0 aliphatic carbocycles. The van der Waals surface area contributed by atoms with Gasteiger partial charge in [-0.1, -0.05) is 30.3 Å². The van der Waals surface area contributed by atoms with Crippen LogP contribution in [0.2, 0.25) is 0 Å². The van der Waals surface area contributed by atoms with Gasteiger partial charge in [0.05, 0.1) is 29.6 Å². The highest BCUT2D eigenvalue weighted by atomic mass is 16.5. The molecule has 1 N–H and O–H groups in total. The fraction of sp³-hybridized carbons (Fsp3) is 0.227. The van der Waals surface area contributed by atoms with Crippen LogP contribution in [0.5, 0.6) is 5.75 Å². The summed E-state index contributed by atoms with van der Waals surface area (Å²) in [6, 6.07) is 16.2. The molecule has 0 saturated heterocycles. The normalized spacial score (nSPS) is 10.9. The summed E-state index contributed by atoms with van der Waals surface area (Å²) in [7, 11) is 1.62. The molecule has 6 nitrogen and oxygen atoms in total. The summed E-state index contributed by atoms with van der Waals surface area (Å²) in [5, 5.41) is 19.6. The minimum atomic E-state index is 0.529. The average Bonchev–Trinajstić information content (AvgIpc) is 3.06. The Balaban J connectivity index is 1.53. The van der Waals surface area contributed by atoms with Crippen molar-refractivity contribution in [1.29, 1.82) is 5.26 Å². The number of aromatic nitrogens is 3. The lowest BCUT2D eigenvalue weighted by atomic mass is 10.1. The number of ether oxygens (including phenoxy) is 1. The topological polar surface area (TPSA) is 75.8 Å². The number of anilines is 1. The molecular weight excluding hydrogens is 350 g/mol. The molecule has 0 fully saturated rings. The van der Waals surface area contributed by atoms with Crippen LogP contribution in [0.3, 0.4) is 0 Å². The third kappa shape index (κ3) is 3.12. The van der Waals surface area contributed by atoms with Gasteiger partial charge in [-0.05, 0) is 25.5 Å². The smallest absolute Gasteiger partial charge is 0.145 e. The second-order valence-electron chi connectivity index (χ2n) is 6.62. The van der Waals surface area contributed by atoms with Crippen molar-refractivity contribution in [3.05, 3.63) is 59.9 Å². The van der Waals surface area contributed by atoms with E-state index in [1.807, 2.05) is 41.9 Å². The molecule has 28 heavy (non-hydrogen) atoms. The second-order valence-corrected chi connectivity index (χ2v) is 6.62. The molecule has 6 heteroatoms. The van der Waals surface area contributed by atoms with Gasteiger partial charge in [0.15, 0.2) is 0 Å². The second kappa shape index (κ2) is 7.57. The first kappa shape index (κ1) is 17.8.